The Morgan fingerprint density at radius 1 is 1.32 bits per heavy atom. The molecule has 0 amide bonds. The molecule has 2 unspecified atom stereocenters. The molecule has 106 valence electrons. The Kier molecular flexibility index (Phi) is 3.71. The summed E-state index contributed by atoms with van der Waals surface area (Å²) in [5.74, 6) is 0.668. The number of hydrogen-bond donors (Lipinski definition) is 0. The molecular weight excluding hydrogens is 265 g/mol. The molecule has 1 aromatic carbocycles. The van der Waals surface area contributed by atoms with Gasteiger partial charge in [-0.3, -0.25) is 0 Å². The molecule has 0 heterocycles. The molecule has 0 saturated heterocycles. The van der Waals surface area contributed by atoms with Crippen molar-refractivity contribution in [1.29, 1.82) is 0 Å². The highest BCUT2D eigenvalue weighted by molar-refractivity contribution is 7.89. The number of aryl methyl sites for hydroxylation is 2. The molecule has 2 rings (SSSR count). The number of hydrogen-bond acceptors (Lipinski definition) is 2. The lowest BCUT2D eigenvalue weighted by Gasteiger charge is -2.20. The van der Waals surface area contributed by atoms with Gasteiger partial charge in [-0.15, -0.1) is 0 Å². The molecule has 5 heteroatoms. The summed E-state index contributed by atoms with van der Waals surface area (Å²) in [6.07, 6.45) is 1.08. The largest absolute Gasteiger partial charge is 0.243 e. The second-order valence-electron chi connectivity index (χ2n) is 5.63. The van der Waals surface area contributed by atoms with E-state index in [4.69, 9.17) is 0 Å². The van der Waals surface area contributed by atoms with Gasteiger partial charge in [0.2, 0.25) is 10.0 Å². The Morgan fingerprint density at radius 3 is 2.21 bits per heavy atom. The maximum Gasteiger partial charge on any atom is 0.243 e. The molecular formula is C14H20FNO2S. The van der Waals surface area contributed by atoms with Gasteiger partial charge in [0.1, 0.15) is 5.82 Å². The number of benzene rings is 1. The zero-order chi connectivity index (χ0) is 14.4. The average Bonchev–Trinajstić information content (AvgIpc) is 2.91. The highest BCUT2D eigenvalue weighted by Crippen LogP contribution is 2.39. The molecule has 1 aliphatic rings. The summed E-state index contributed by atoms with van der Waals surface area (Å²) < 4.78 is 39.8. The van der Waals surface area contributed by atoms with Gasteiger partial charge in [-0.05, 0) is 55.4 Å². The van der Waals surface area contributed by atoms with Crippen LogP contribution in [0, 0.1) is 31.5 Å². The highest BCUT2D eigenvalue weighted by atomic mass is 32.2. The topological polar surface area (TPSA) is 37.4 Å². The lowest BCUT2D eigenvalue weighted by atomic mass is 10.1. The second-order valence-corrected chi connectivity index (χ2v) is 7.61. The number of nitrogens with zero attached hydrogens (tertiary/aromatic N) is 1. The van der Waals surface area contributed by atoms with Gasteiger partial charge in [0.15, 0.2) is 0 Å². The first-order chi connectivity index (χ1) is 8.73. The van der Waals surface area contributed by atoms with Gasteiger partial charge in [-0.1, -0.05) is 6.92 Å². The number of sulfonamides is 1. The first kappa shape index (κ1) is 14.5. The third kappa shape index (κ3) is 2.82. The van der Waals surface area contributed by atoms with Crippen molar-refractivity contribution in [1.82, 2.24) is 4.31 Å². The van der Waals surface area contributed by atoms with Crippen LogP contribution < -0.4 is 0 Å². The molecule has 0 bridgehead atoms. The predicted molar refractivity (Wildman–Crippen MR) is 73.0 cm³/mol. The summed E-state index contributed by atoms with van der Waals surface area (Å²) in [7, 11) is -1.93. The third-order valence-electron chi connectivity index (χ3n) is 3.86. The minimum Gasteiger partial charge on any atom is -0.207 e. The van der Waals surface area contributed by atoms with Gasteiger partial charge in [0.05, 0.1) is 4.90 Å². The summed E-state index contributed by atoms with van der Waals surface area (Å²) in [4.78, 5) is 0.240. The standard InChI is InChI=1S/C14H20FNO2S/c1-9-5-12(9)8-16(4)19(17,18)14-10(2)6-13(15)7-11(14)3/h6-7,9,12H,5,8H2,1-4H3. The Balaban J connectivity index is 2.33. The Hall–Kier alpha value is -0.940. The van der Waals surface area contributed by atoms with E-state index in [2.05, 4.69) is 6.92 Å². The van der Waals surface area contributed by atoms with Crippen molar-refractivity contribution >= 4 is 10.0 Å². The Morgan fingerprint density at radius 2 is 1.79 bits per heavy atom. The second kappa shape index (κ2) is 4.87. The molecule has 0 aromatic heterocycles. The fraction of sp³-hybridized carbons (Fsp3) is 0.571. The van der Waals surface area contributed by atoms with Gasteiger partial charge in [0.25, 0.3) is 0 Å². The molecule has 0 aliphatic heterocycles. The summed E-state index contributed by atoms with van der Waals surface area (Å²) in [6, 6.07) is 2.54. The van der Waals surface area contributed by atoms with Crippen molar-refractivity contribution in [3.8, 4) is 0 Å². The normalized spacial score (nSPS) is 22.8. The lowest BCUT2D eigenvalue weighted by Crippen LogP contribution is -2.30. The fourth-order valence-electron chi connectivity index (χ4n) is 2.54. The van der Waals surface area contributed by atoms with Crippen LogP contribution >= 0.6 is 0 Å². The van der Waals surface area contributed by atoms with Crippen LogP contribution in [0.5, 0.6) is 0 Å². The van der Waals surface area contributed by atoms with Crippen LogP contribution in [0.1, 0.15) is 24.5 Å². The van der Waals surface area contributed by atoms with Gasteiger partial charge >= 0.3 is 0 Å². The van der Waals surface area contributed by atoms with Crippen molar-refractivity contribution in [3.63, 3.8) is 0 Å². The molecule has 1 fully saturated rings. The first-order valence-electron chi connectivity index (χ1n) is 6.46. The van der Waals surface area contributed by atoms with E-state index in [1.807, 2.05) is 0 Å². The molecule has 1 aromatic rings. The average molecular weight is 285 g/mol. The van der Waals surface area contributed by atoms with E-state index in [1.54, 1.807) is 20.9 Å². The van der Waals surface area contributed by atoms with Gasteiger partial charge in [0, 0.05) is 13.6 Å². The van der Waals surface area contributed by atoms with Crippen molar-refractivity contribution in [2.24, 2.45) is 11.8 Å². The van der Waals surface area contributed by atoms with E-state index >= 15 is 0 Å². The zero-order valence-corrected chi connectivity index (χ0v) is 12.6. The van der Waals surface area contributed by atoms with Crippen LogP contribution in [0.4, 0.5) is 4.39 Å². The minimum atomic E-state index is -3.53. The molecule has 3 nitrogen and oxygen atoms in total. The molecule has 0 spiro atoms. The van der Waals surface area contributed by atoms with Crippen LogP contribution in [0.2, 0.25) is 0 Å². The monoisotopic (exact) mass is 285 g/mol. The van der Waals surface area contributed by atoms with Crippen LogP contribution in [-0.2, 0) is 10.0 Å². The number of halogens is 1. The van der Waals surface area contributed by atoms with Crippen LogP contribution in [0.25, 0.3) is 0 Å². The van der Waals surface area contributed by atoms with E-state index in [0.717, 1.165) is 6.42 Å². The van der Waals surface area contributed by atoms with E-state index in [0.29, 0.717) is 29.5 Å². The van der Waals surface area contributed by atoms with Crippen LogP contribution in [0.3, 0.4) is 0 Å². The van der Waals surface area contributed by atoms with Gasteiger partial charge < -0.3 is 0 Å². The van der Waals surface area contributed by atoms with Crippen molar-refractivity contribution < 1.29 is 12.8 Å². The molecule has 1 saturated carbocycles. The molecule has 0 N–H and O–H groups in total. The van der Waals surface area contributed by atoms with Gasteiger partial charge in [-0.25, -0.2) is 17.1 Å². The Labute approximate surface area is 114 Å². The maximum absolute atomic E-state index is 13.3. The SMILES string of the molecule is Cc1cc(F)cc(C)c1S(=O)(=O)N(C)CC1CC1C. The molecule has 1 aliphatic carbocycles. The smallest absolute Gasteiger partial charge is 0.207 e. The lowest BCUT2D eigenvalue weighted by molar-refractivity contribution is 0.444. The zero-order valence-electron chi connectivity index (χ0n) is 11.8. The predicted octanol–water partition coefficient (Wildman–Crippen LogP) is 2.72. The van der Waals surface area contributed by atoms with Crippen LogP contribution in [0.15, 0.2) is 17.0 Å². The van der Waals surface area contributed by atoms with Crippen molar-refractivity contribution in [2.75, 3.05) is 13.6 Å². The first-order valence-corrected chi connectivity index (χ1v) is 7.90. The summed E-state index contributed by atoms with van der Waals surface area (Å²) in [5, 5.41) is 0. The third-order valence-corrected chi connectivity index (χ3v) is 5.99. The van der Waals surface area contributed by atoms with E-state index in [1.165, 1.54) is 16.4 Å². The van der Waals surface area contributed by atoms with E-state index in [9.17, 15) is 12.8 Å². The van der Waals surface area contributed by atoms with Crippen molar-refractivity contribution in [3.05, 3.63) is 29.1 Å². The highest BCUT2D eigenvalue weighted by Gasteiger charge is 2.36. The summed E-state index contributed by atoms with van der Waals surface area (Å²) in [5.41, 5.74) is 0.932. The van der Waals surface area contributed by atoms with Crippen molar-refractivity contribution in [2.45, 2.75) is 32.1 Å². The molecule has 0 radical (unpaired) electrons. The molecule has 2 atom stereocenters. The van der Waals surface area contributed by atoms with E-state index < -0.39 is 15.8 Å². The Bertz CT molecular complexity index is 574. The van der Waals surface area contributed by atoms with E-state index in [-0.39, 0.29) is 4.90 Å². The quantitative estimate of drug-likeness (QED) is 0.853. The molecule has 19 heavy (non-hydrogen) atoms. The summed E-state index contributed by atoms with van der Waals surface area (Å²) >= 11 is 0. The van der Waals surface area contributed by atoms with Crippen LogP contribution in [-0.4, -0.2) is 26.3 Å². The maximum atomic E-state index is 13.3. The van der Waals surface area contributed by atoms with Gasteiger partial charge in [-0.2, -0.15) is 0 Å². The minimum absolute atomic E-state index is 0.240. The number of rotatable bonds is 4. The summed E-state index contributed by atoms with van der Waals surface area (Å²) in [6.45, 7) is 5.94. The fourth-order valence-corrected chi connectivity index (χ4v) is 4.17.